The van der Waals surface area contributed by atoms with Crippen LogP contribution < -0.4 is 5.32 Å². The number of carbonyl (C=O) groups excluding carboxylic acids is 1. The lowest BCUT2D eigenvalue weighted by Crippen LogP contribution is -2.34. The Kier molecular flexibility index (Phi) is 2.51. The number of fused-ring (bicyclic) bond motifs is 1. The van der Waals surface area contributed by atoms with Crippen LogP contribution in [0.3, 0.4) is 0 Å². The second-order valence-electron chi connectivity index (χ2n) is 4.61. The molecule has 0 fully saturated rings. The van der Waals surface area contributed by atoms with Crippen LogP contribution in [0, 0.1) is 0 Å². The highest BCUT2D eigenvalue weighted by atomic mass is 16.1. The van der Waals surface area contributed by atoms with Crippen molar-refractivity contribution in [1.82, 2.24) is 5.32 Å². The summed E-state index contributed by atoms with van der Waals surface area (Å²) in [7, 11) is 0. The van der Waals surface area contributed by atoms with Gasteiger partial charge in [0.15, 0.2) is 0 Å². The van der Waals surface area contributed by atoms with Gasteiger partial charge in [-0.2, -0.15) is 0 Å². The quantitative estimate of drug-likeness (QED) is 0.747. The monoisotopic (exact) mass is 203 g/mol. The third-order valence-corrected chi connectivity index (χ3v) is 3.09. The van der Waals surface area contributed by atoms with Crippen molar-refractivity contribution in [3.05, 3.63) is 34.9 Å². The Bertz CT molecular complexity index is 396. The molecule has 0 radical (unpaired) electrons. The van der Waals surface area contributed by atoms with Gasteiger partial charge in [-0.1, -0.05) is 32.9 Å². The van der Waals surface area contributed by atoms with E-state index in [0.29, 0.717) is 11.8 Å². The summed E-state index contributed by atoms with van der Waals surface area (Å²) >= 11 is 0. The summed E-state index contributed by atoms with van der Waals surface area (Å²) in [5.41, 5.74) is 3.28. The van der Waals surface area contributed by atoms with E-state index in [2.05, 4.69) is 38.2 Å². The minimum absolute atomic E-state index is 0.0746. The zero-order chi connectivity index (χ0) is 11.0. The third-order valence-electron chi connectivity index (χ3n) is 3.09. The molecule has 0 bridgehead atoms. The lowest BCUT2D eigenvalue weighted by Gasteiger charge is -2.23. The smallest absolute Gasteiger partial charge is 0.251 e. The Labute approximate surface area is 90.7 Å². The molecule has 0 saturated carbocycles. The summed E-state index contributed by atoms with van der Waals surface area (Å²) in [6, 6.07) is 6.28. The molecule has 0 aromatic heterocycles. The predicted octanol–water partition coefficient (Wildman–Crippen LogP) is 2.66. The molecule has 1 aliphatic heterocycles. The van der Waals surface area contributed by atoms with E-state index >= 15 is 0 Å². The molecular formula is C13H17NO. The number of hydrogen-bond acceptors (Lipinski definition) is 1. The Hall–Kier alpha value is -1.31. The molecule has 1 aromatic carbocycles. The van der Waals surface area contributed by atoms with Gasteiger partial charge >= 0.3 is 0 Å². The predicted molar refractivity (Wildman–Crippen MR) is 61.3 cm³/mol. The Morgan fingerprint density at radius 1 is 1.40 bits per heavy atom. The van der Waals surface area contributed by atoms with Gasteiger partial charge in [0.25, 0.3) is 5.91 Å². The summed E-state index contributed by atoms with van der Waals surface area (Å²) in [4.78, 5) is 11.7. The molecule has 2 rings (SSSR count). The van der Waals surface area contributed by atoms with E-state index in [0.717, 1.165) is 12.1 Å². The van der Waals surface area contributed by atoms with Gasteiger partial charge < -0.3 is 5.32 Å². The van der Waals surface area contributed by atoms with E-state index in [1.165, 1.54) is 11.1 Å². The fourth-order valence-corrected chi connectivity index (χ4v) is 2.01. The van der Waals surface area contributed by atoms with Crippen LogP contribution in [0.4, 0.5) is 0 Å². The number of amides is 1. The summed E-state index contributed by atoms with van der Waals surface area (Å²) in [5.74, 6) is 0.977. The average Bonchev–Trinajstić information content (AvgIpc) is 2.23. The van der Waals surface area contributed by atoms with E-state index in [4.69, 9.17) is 0 Å². The van der Waals surface area contributed by atoms with Gasteiger partial charge in [0.1, 0.15) is 0 Å². The third kappa shape index (κ3) is 1.76. The van der Waals surface area contributed by atoms with E-state index in [-0.39, 0.29) is 5.91 Å². The molecule has 80 valence electrons. The molecule has 1 N–H and O–H groups in total. The molecule has 1 aliphatic rings. The maximum atomic E-state index is 11.7. The lowest BCUT2D eigenvalue weighted by atomic mass is 9.88. The van der Waals surface area contributed by atoms with Gasteiger partial charge in [-0.3, -0.25) is 4.79 Å². The van der Waals surface area contributed by atoms with E-state index in [9.17, 15) is 4.79 Å². The van der Waals surface area contributed by atoms with Crippen LogP contribution in [-0.4, -0.2) is 12.5 Å². The summed E-state index contributed by atoms with van der Waals surface area (Å²) in [5, 5.41) is 2.92. The fraction of sp³-hybridized carbons (Fsp3) is 0.462. The highest BCUT2D eigenvalue weighted by molar-refractivity contribution is 5.97. The summed E-state index contributed by atoms with van der Waals surface area (Å²) < 4.78 is 0. The molecule has 1 heterocycles. The standard InChI is InChI=1S/C13H17NO/c1-8(2)10-4-5-11-9(3)7-14-13(15)12(11)6-10/h4-6,8-9H,7H2,1-3H3,(H,14,15). The van der Waals surface area contributed by atoms with Crippen LogP contribution in [0.25, 0.3) is 0 Å². The Morgan fingerprint density at radius 3 is 2.80 bits per heavy atom. The van der Waals surface area contributed by atoms with Crippen molar-refractivity contribution in [2.24, 2.45) is 0 Å². The second-order valence-corrected chi connectivity index (χ2v) is 4.61. The highest BCUT2D eigenvalue weighted by Gasteiger charge is 2.22. The SMILES string of the molecule is CC(C)c1ccc2c(c1)C(=O)NCC2C. The van der Waals surface area contributed by atoms with Crippen molar-refractivity contribution < 1.29 is 4.79 Å². The molecule has 1 aromatic rings. The van der Waals surface area contributed by atoms with Crippen molar-refractivity contribution in [3.63, 3.8) is 0 Å². The second kappa shape index (κ2) is 3.69. The molecule has 2 heteroatoms. The highest BCUT2D eigenvalue weighted by Crippen LogP contribution is 2.26. The average molecular weight is 203 g/mol. The zero-order valence-electron chi connectivity index (χ0n) is 9.50. The normalized spacial score (nSPS) is 20.0. The van der Waals surface area contributed by atoms with Crippen LogP contribution in [0.2, 0.25) is 0 Å². The van der Waals surface area contributed by atoms with Crippen molar-refractivity contribution in [2.75, 3.05) is 6.54 Å². The maximum Gasteiger partial charge on any atom is 0.251 e. The minimum Gasteiger partial charge on any atom is -0.351 e. The van der Waals surface area contributed by atoms with Crippen LogP contribution in [-0.2, 0) is 0 Å². The van der Waals surface area contributed by atoms with Crippen molar-refractivity contribution in [1.29, 1.82) is 0 Å². The zero-order valence-corrected chi connectivity index (χ0v) is 9.50. The first kappa shape index (κ1) is 10.2. The van der Waals surface area contributed by atoms with Crippen molar-refractivity contribution in [2.45, 2.75) is 32.6 Å². The van der Waals surface area contributed by atoms with E-state index in [1.807, 2.05) is 6.07 Å². The number of nitrogens with one attached hydrogen (secondary N) is 1. The van der Waals surface area contributed by atoms with Gasteiger partial charge in [-0.15, -0.1) is 0 Å². The largest absolute Gasteiger partial charge is 0.351 e. The van der Waals surface area contributed by atoms with Gasteiger partial charge in [0.05, 0.1) is 0 Å². The molecule has 0 saturated heterocycles. The van der Waals surface area contributed by atoms with Crippen LogP contribution >= 0.6 is 0 Å². The van der Waals surface area contributed by atoms with Gasteiger partial charge in [-0.25, -0.2) is 0 Å². The first-order chi connectivity index (χ1) is 7.09. The number of carbonyl (C=O) groups is 1. The minimum atomic E-state index is 0.0746. The van der Waals surface area contributed by atoms with Gasteiger partial charge in [0.2, 0.25) is 0 Å². The first-order valence-corrected chi connectivity index (χ1v) is 5.51. The molecule has 0 aliphatic carbocycles. The fourth-order valence-electron chi connectivity index (χ4n) is 2.01. The van der Waals surface area contributed by atoms with Crippen LogP contribution in [0.1, 0.15) is 54.1 Å². The molecular weight excluding hydrogens is 186 g/mol. The molecule has 1 unspecified atom stereocenters. The molecule has 0 spiro atoms. The Balaban J connectivity index is 2.50. The van der Waals surface area contributed by atoms with Crippen LogP contribution in [0.5, 0.6) is 0 Å². The summed E-state index contributed by atoms with van der Waals surface area (Å²) in [6.45, 7) is 7.19. The number of rotatable bonds is 1. The molecule has 1 atom stereocenters. The Morgan fingerprint density at radius 2 is 2.13 bits per heavy atom. The molecule has 2 nitrogen and oxygen atoms in total. The lowest BCUT2D eigenvalue weighted by molar-refractivity contribution is 0.0941. The number of hydrogen-bond donors (Lipinski definition) is 1. The summed E-state index contributed by atoms with van der Waals surface area (Å²) in [6.07, 6.45) is 0. The van der Waals surface area contributed by atoms with Crippen molar-refractivity contribution in [3.8, 4) is 0 Å². The maximum absolute atomic E-state index is 11.7. The van der Waals surface area contributed by atoms with Crippen molar-refractivity contribution >= 4 is 5.91 Å². The number of benzene rings is 1. The topological polar surface area (TPSA) is 29.1 Å². The first-order valence-electron chi connectivity index (χ1n) is 5.51. The molecule has 15 heavy (non-hydrogen) atoms. The van der Waals surface area contributed by atoms with Gasteiger partial charge in [0, 0.05) is 12.1 Å². The van der Waals surface area contributed by atoms with E-state index in [1.54, 1.807) is 0 Å². The van der Waals surface area contributed by atoms with E-state index < -0.39 is 0 Å². The van der Waals surface area contributed by atoms with Gasteiger partial charge in [-0.05, 0) is 29.0 Å². The van der Waals surface area contributed by atoms with Crippen LogP contribution in [0.15, 0.2) is 18.2 Å². The molecule has 1 amide bonds.